The predicted molar refractivity (Wildman–Crippen MR) is 98.2 cm³/mol. The quantitative estimate of drug-likeness (QED) is 0.813. The number of hydrogen-bond acceptors (Lipinski definition) is 6. The maximum atomic E-state index is 12.7. The molecule has 0 radical (unpaired) electrons. The predicted octanol–water partition coefficient (Wildman–Crippen LogP) is 0.698. The molecule has 0 saturated heterocycles. The second kappa shape index (κ2) is 6.85. The molecule has 2 amide bonds. The Balaban J connectivity index is 1.88. The van der Waals surface area contributed by atoms with Gasteiger partial charge in [0, 0.05) is 25.0 Å². The zero-order chi connectivity index (χ0) is 18.1. The van der Waals surface area contributed by atoms with Crippen LogP contribution < -0.4 is 9.80 Å². The summed E-state index contributed by atoms with van der Waals surface area (Å²) < 4.78 is 1.16. The zero-order valence-corrected chi connectivity index (χ0v) is 15.3. The van der Waals surface area contributed by atoms with Crippen LogP contribution in [0.2, 0.25) is 0 Å². The standard InChI is InChI=1S/C16H20N6O2S/c1-19(2)10-15(23)20(3)12-5-4-11-6-7-21(13(11)8-12)16(24)14-9-17-18-22(14)25/h4-5,8-9,25H,6-7,10H2,1-3H3. The molecule has 0 spiro atoms. The molecule has 3 rings (SSSR count). The Hall–Kier alpha value is -2.39. The van der Waals surface area contributed by atoms with E-state index in [4.69, 9.17) is 0 Å². The lowest BCUT2D eigenvalue weighted by atomic mass is 10.1. The molecular formula is C16H20N6O2S. The summed E-state index contributed by atoms with van der Waals surface area (Å²) in [5, 5.41) is 7.39. The van der Waals surface area contributed by atoms with E-state index in [2.05, 4.69) is 23.1 Å². The molecule has 25 heavy (non-hydrogen) atoms. The summed E-state index contributed by atoms with van der Waals surface area (Å²) in [7, 11) is 5.44. The lowest BCUT2D eigenvalue weighted by Crippen LogP contribution is -2.35. The number of thiol groups is 1. The van der Waals surface area contributed by atoms with Crippen molar-refractivity contribution >= 4 is 36.0 Å². The number of benzene rings is 1. The first kappa shape index (κ1) is 17.4. The Bertz CT molecular complexity index is 819. The molecule has 0 unspecified atom stereocenters. The van der Waals surface area contributed by atoms with E-state index in [1.54, 1.807) is 16.8 Å². The van der Waals surface area contributed by atoms with Crippen LogP contribution >= 0.6 is 12.8 Å². The molecule has 9 heteroatoms. The minimum Gasteiger partial charge on any atom is -0.314 e. The topological polar surface area (TPSA) is 74.6 Å². The number of rotatable bonds is 4. The van der Waals surface area contributed by atoms with Crippen LogP contribution in [0.5, 0.6) is 0 Å². The van der Waals surface area contributed by atoms with Gasteiger partial charge in [0.2, 0.25) is 5.91 Å². The van der Waals surface area contributed by atoms with Crippen molar-refractivity contribution in [2.24, 2.45) is 0 Å². The number of likely N-dealkylation sites (N-methyl/N-ethyl adjacent to an activating group) is 2. The van der Waals surface area contributed by atoms with E-state index >= 15 is 0 Å². The fourth-order valence-electron chi connectivity index (χ4n) is 2.82. The molecule has 132 valence electrons. The van der Waals surface area contributed by atoms with E-state index in [-0.39, 0.29) is 11.8 Å². The summed E-state index contributed by atoms with van der Waals surface area (Å²) >= 11 is 4.10. The van der Waals surface area contributed by atoms with Crippen molar-refractivity contribution < 1.29 is 9.59 Å². The molecular weight excluding hydrogens is 340 g/mol. The third-order valence-corrected chi connectivity index (χ3v) is 4.47. The molecule has 1 aliphatic heterocycles. The molecule has 2 aromatic rings. The number of nitrogens with zero attached hydrogens (tertiary/aromatic N) is 6. The number of carbonyl (C=O) groups is 2. The summed E-state index contributed by atoms with van der Waals surface area (Å²) in [5.41, 5.74) is 2.94. The SMILES string of the molecule is CN(C)CC(=O)N(C)c1ccc2c(c1)N(C(=O)c1cnnn1S)CC2. The monoisotopic (exact) mass is 360 g/mol. The lowest BCUT2D eigenvalue weighted by molar-refractivity contribution is -0.118. The van der Waals surface area contributed by atoms with Crippen molar-refractivity contribution in [3.63, 3.8) is 0 Å². The van der Waals surface area contributed by atoms with Crippen LogP contribution in [-0.4, -0.2) is 65.3 Å². The Kier molecular flexibility index (Phi) is 4.78. The van der Waals surface area contributed by atoms with Gasteiger partial charge in [-0.25, -0.2) is 0 Å². The van der Waals surface area contributed by atoms with Gasteiger partial charge in [-0.1, -0.05) is 11.3 Å². The van der Waals surface area contributed by atoms with Crippen LogP contribution in [0.3, 0.4) is 0 Å². The Morgan fingerprint density at radius 3 is 2.68 bits per heavy atom. The van der Waals surface area contributed by atoms with Crippen molar-refractivity contribution in [3.8, 4) is 0 Å². The summed E-state index contributed by atoms with van der Waals surface area (Å²) in [5.74, 6) is -0.225. The molecule has 0 fully saturated rings. The molecule has 1 aliphatic rings. The third kappa shape index (κ3) is 3.38. The van der Waals surface area contributed by atoms with Gasteiger partial charge in [0.1, 0.15) is 0 Å². The number of carbonyl (C=O) groups excluding carboxylic acids is 2. The van der Waals surface area contributed by atoms with Crippen LogP contribution in [0, 0.1) is 0 Å². The highest BCUT2D eigenvalue weighted by molar-refractivity contribution is 7.78. The fourth-order valence-corrected chi connectivity index (χ4v) is 3.00. The summed E-state index contributed by atoms with van der Waals surface area (Å²) in [4.78, 5) is 30.1. The maximum absolute atomic E-state index is 12.7. The van der Waals surface area contributed by atoms with Gasteiger partial charge < -0.3 is 14.7 Å². The van der Waals surface area contributed by atoms with Crippen LogP contribution in [0.15, 0.2) is 24.4 Å². The van der Waals surface area contributed by atoms with E-state index in [9.17, 15) is 9.59 Å². The summed E-state index contributed by atoms with van der Waals surface area (Å²) in [6.07, 6.45) is 2.16. The second-order valence-electron chi connectivity index (χ2n) is 6.22. The van der Waals surface area contributed by atoms with Gasteiger partial charge in [0.15, 0.2) is 5.69 Å². The number of anilines is 2. The van der Waals surface area contributed by atoms with Gasteiger partial charge in [0.05, 0.1) is 12.7 Å². The number of hydrogen-bond donors (Lipinski definition) is 1. The first-order chi connectivity index (χ1) is 11.9. The Morgan fingerprint density at radius 2 is 2.04 bits per heavy atom. The molecule has 0 bridgehead atoms. The fraction of sp³-hybridized carbons (Fsp3) is 0.375. The highest BCUT2D eigenvalue weighted by Crippen LogP contribution is 2.33. The Morgan fingerprint density at radius 1 is 1.28 bits per heavy atom. The summed E-state index contributed by atoms with van der Waals surface area (Å²) in [6, 6.07) is 5.75. The van der Waals surface area contributed by atoms with E-state index in [0.717, 1.165) is 27.4 Å². The molecule has 2 heterocycles. The van der Waals surface area contributed by atoms with Crippen LogP contribution in [0.25, 0.3) is 0 Å². The highest BCUT2D eigenvalue weighted by atomic mass is 32.1. The number of fused-ring (bicyclic) bond motifs is 1. The van der Waals surface area contributed by atoms with Gasteiger partial charge in [-0.2, -0.15) is 4.09 Å². The molecule has 0 saturated carbocycles. The van der Waals surface area contributed by atoms with E-state index in [1.807, 2.05) is 37.2 Å². The molecule has 0 aliphatic carbocycles. The smallest absolute Gasteiger partial charge is 0.279 e. The third-order valence-electron chi connectivity index (χ3n) is 4.17. The van der Waals surface area contributed by atoms with Crippen molar-refractivity contribution in [2.45, 2.75) is 6.42 Å². The van der Waals surface area contributed by atoms with E-state index in [1.165, 1.54) is 6.20 Å². The van der Waals surface area contributed by atoms with Crippen LogP contribution in [0.1, 0.15) is 16.1 Å². The molecule has 0 N–H and O–H groups in total. The number of aromatic nitrogens is 3. The van der Waals surface area contributed by atoms with Crippen LogP contribution in [-0.2, 0) is 11.2 Å². The van der Waals surface area contributed by atoms with Crippen LogP contribution in [0.4, 0.5) is 11.4 Å². The molecule has 1 aromatic heterocycles. The molecule has 0 atom stereocenters. The number of amides is 2. The normalized spacial score (nSPS) is 13.2. The maximum Gasteiger partial charge on any atom is 0.279 e. The first-order valence-electron chi connectivity index (χ1n) is 7.84. The average molecular weight is 360 g/mol. The van der Waals surface area contributed by atoms with Gasteiger partial charge in [-0.3, -0.25) is 9.59 Å². The van der Waals surface area contributed by atoms with E-state index in [0.29, 0.717) is 18.8 Å². The minimum atomic E-state index is -0.210. The molecule has 1 aromatic carbocycles. The van der Waals surface area contributed by atoms with E-state index < -0.39 is 0 Å². The average Bonchev–Trinajstić information content (AvgIpc) is 3.18. The minimum absolute atomic E-state index is 0.0153. The highest BCUT2D eigenvalue weighted by Gasteiger charge is 2.28. The largest absolute Gasteiger partial charge is 0.314 e. The van der Waals surface area contributed by atoms with Gasteiger partial charge in [-0.05, 0) is 51.0 Å². The van der Waals surface area contributed by atoms with Crippen molar-refractivity contribution in [1.29, 1.82) is 0 Å². The van der Waals surface area contributed by atoms with Crippen molar-refractivity contribution in [2.75, 3.05) is 44.0 Å². The van der Waals surface area contributed by atoms with Gasteiger partial charge >= 0.3 is 0 Å². The van der Waals surface area contributed by atoms with Gasteiger partial charge in [0.25, 0.3) is 5.91 Å². The first-order valence-corrected chi connectivity index (χ1v) is 8.24. The molecule has 8 nitrogen and oxygen atoms in total. The second-order valence-corrected chi connectivity index (χ2v) is 6.60. The summed E-state index contributed by atoms with van der Waals surface area (Å²) in [6.45, 7) is 0.896. The zero-order valence-electron chi connectivity index (χ0n) is 14.4. The van der Waals surface area contributed by atoms with Gasteiger partial charge in [-0.15, -0.1) is 5.10 Å². The Labute approximate surface area is 151 Å². The van der Waals surface area contributed by atoms with Crippen molar-refractivity contribution in [3.05, 3.63) is 35.7 Å². The lowest BCUT2D eigenvalue weighted by Gasteiger charge is -2.22. The van der Waals surface area contributed by atoms with Crippen molar-refractivity contribution in [1.82, 2.24) is 19.3 Å².